The SMILES string of the molecule is Cc1c(SCCCN2CCC(C(=O)c3ccccc3)CC2)ccnc1CSc1ccc2nc[nH]c2c1.Cl.Cl.Cl. The van der Waals surface area contributed by atoms with Crippen molar-refractivity contribution in [3.8, 4) is 0 Å². The molecule has 1 saturated heterocycles. The molecule has 0 atom stereocenters. The van der Waals surface area contributed by atoms with Crippen molar-refractivity contribution in [2.45, 2.75) is 41.7 Å². The molecular weight excluding hydrogens is 591 g/mol. The molecule has 1 aliphatic heterocycles. The molecule has 0 bridgehead atoms. The highest BCUT2D eigenvalue weighted by Crippen LogP contribution is 2.30. The van der Waals surface area contributed by atoms with Crippen molar-refractivity contribution < 1.29 is 4.79 Å². The summed E-state index contributed by atoms with van der Waals surface area (Å²) < 4.78 is 0. The minimum atomic E-state index is 0. The van der Waals surface area contributed by atoms with Crippen molar-refractivity contribution >= 4 is 77.6 Å². The van der Waals surface area contributed by atoms with Gasteiger partial charge in [-0.2, -0.15) is 0 Å². The second kappa shape index (κ2) is 16.5. The van der Waals surface area contributed by atoms with E-state index in [1.165, 1.54) is 15.4 Å². The Morgan fingerprint density at radius 2 is 1.77 bits per heavy atom. The van der Waals surface area contributed by atoms with Gasteiger partial charge in [0.1, 0.15) is 0 Å². The van der Waals surface area contributed by atoms with E-state index in [1.807, 2.05) is 60.1 Å². The highest BCUT2D eigenvalue weighted by Gasteiger charge is 2.25. The molecule has 0 aliphatic carbocycles. The van der Waals surface area contributed by atoms with Crippen LogP contribution in [0.2, 0.25) is 0 Å². The summed E-state index contributed by atoms with van der Waals surface area (Å²) >= 11 is 3.75. The van der Waals surface area contributed by atoms with Gasteiger partial charge in [0.15, 0.2) is 5.78 Å². The third kappa shape index (κ3) is 8.87. The number of fused-ring (bicyclic) bond motifs is 1. The van der Waals surface area contributed by atoms with E-state index in [0.717, 1.165) is 72.7 Å². The van der Waals surface area contributed by atoms with Crippen molar-refractivity contribution in [3.05, 3.63) is 83.9 Å². The number of hydrogen-bond donors (Lipinski definition) is 1. The minimum Gasteiger partial charge on any atom is -0.345 e. The Bertz CT molecular complexity index is 1310. The number of carbonyl (C=O) groups excluding carboxylic acids is 1. The van der Waals surface area contributed by atoms with Crippen molar-refractivity contribution in [2.24, 2.45) is 5.92 Å². The number of nitrogens with zero attached hydrogens (tertiary/aromatic N) is 3. The van der Waals surface area contributed by atoms with Crippen molar-refractivity contribution in [3.63, 3.8) is 0 Å². The molecule has 1 N–H and O–H groups in total. The number of H-pyrrole nitrogens is 1. The first-order valence-corrected chi connectivity index (χ1v) is 14.6. The van der Waals surface area contributed by atoms with Crippen LogP contribution in [-0.4, -0.2) is 51.0 Å². The molecule has 0 saturated carbocycles. The van der Waals surface area contributed by atoms with Crippen LogP contribution >= 0.6 is 60.7 Å². The lowest BCUT2D eigenvalue weighted by Crippen LogP contribution is -2.37. The predicted octanol–water partition coefficient (Wildman–Crippen LogP) is 7.90. The van der Waals surface area contributed by atoms with E-state index < -0.39 is 0 Å². The largest absolute Gasteiger partial charge is 0.345 e. The molecule has 0 unspecified atom stereocenters. The number of benzene rings is 2. The van der Waals surface area contributed by atoms with Gasteiger partial charge >= 0.3 is 0 Å². The Morgan fingerprint density at radius 1 is 1.00 bits per heavy atom. The third-order valence-electron chi connectivity index (χ3n) is 6.92. The van der Waals surface area contributed by atoms with E-state index in [4.69, 9.17) is 0 Å². The smallest absolute Gasteiger partial charge is 0.166 e. The average Bonchev–Trinajstić information content (AvgIpc) is 3.40. The van der Waals surface area contributed by atoms with Gasteiger partial charge in [0, 0.05) is 33.2 Å². The molecule has 10 heteroatoms. The highest BCUT2D eigenvalue weighted by atomic mass is 35.5. The summed E-state index contributed by atoms with van der Waals surface area (Å²) in [5.41, 5.74) is 5.37. The van der Waals surface area contributed by atoms with Crippen LogP contribution < -0.4 is 0 Å². The molecule has 1 fully saturated rings. The van der Waals surface area contributed by atoms with Crippen LogP contribution in [0.3, 0.4) is 0 Å². The number of rotatable bonds is 10. The molecule has 2 aromatic heterocycles. The van der Waals surface area contributed by atoms with Gasteiger partial charge < -0.3 is 9.88 Å². The summed E-state index contributed by atoms with van der Waals surface area (Å²) in [6.07, 6.45) is 6.77. The zero-order chi connectivity index (χ0) is 24.7. The predicted molar refractivity (Wildman–Crippen MR) is 172 cm³/mol. The second-order valence-electron chi connectivity index (χ2n) is 9.30. The van der Waals surface area contributed by atoms with E-state index in [9.17, 15) is 4.79 Å². The lowest BCUT2D eigenvalue weighted by atomic mass is 9.89. The number of halogens is 3. The van der Waals surface area contributed by atoms with Gasteiger partial charge in [-0.15, -0.1) is 60.7 Å². The van der Waals surface area contributed by atoms with E-state index in [0.29, 0.717) is 5.78 Å². The van der Waals surface area contributed by atoms with Gasteiger partial charge in [-0.1, -0.05) is 30.3 Å². The van der Waals surface area contributed by atoms with Crippen molar-refractivity contribution in [2.75, 3.05) is 25.4 Å². The van der Waals surface area contributed by atoms with Crippen LogP contribution in [0.1, 0.15) is 40.9 Å². The van der Waals surface area contributed by atoms with Gasteiger partial charge in [0.25, 0.3) is 0 Å². The maximum Gasteiger partial charge on any atom is 0.166 e. The summed E-state index contributed by atoms with van der Waals surface area (Å²) in [5.74, 6) is 2.44. The molecule has 39 heavy (non-hydrogen) atoms. The normalized spacial score (nSPS) is 13.8. The lowest BCUT2D eigenvalue weighted by Gasteiger charge is -2.31. The van der Waals surface area contributed by atoms with Crippen LogP contribution in [0.5, 0.6) is 0 Å². The number of aromatic nitrogens is 3. The number of pyridine rings is 1. The first-order valence-electron chi connectivity index (χ1n) is 12.6. The molecule has 210 valence electrons. The van der Waals surface area contributed by atoms with E-state index in [1.54, 1.807) is 6.33 Å². The Morgan fingerprint density at radius 3 is 2.54 bits per heavy atom. The topological polar surface area (TPSA) is 61.9 Å². The van der Waals surface area contributed by atoms with Crippen molar-refractivity contribution in [1.82, 2.24) is 19.9 Å². The van der Waals surface area contributed by atoms with Crippen LogP contribution in [0.25, 0.3) is 11.0 Å². The summed E-state index contributed by atoms with van der Waals surface area (Å²) in [6, 6.07) is 18.2. The lowest BCUT2D eigenvalue weighted by molar-refractivity contribution is 0.0840. The standard InChI is InChI=1S/C29H32N4OS2.3ClH/c1-21-27(19-36-24-8-9-25-26(18-24)32-20-31-25)30-13-10-28(21)35-17-5-14-33-15-11-23(12-16-33)29(34)22-6-3-2-4-7-22;;;/h2-4,6-10,13,18,20,23H,5,11-12,14-17,19H2,1H3,(H,31,32);3*1H. The van der Waals surface area contributed by atoms with Gasteiger partial charge in [0.2, 0.25) is 0 Å². The number of nitrogens with one attached hydrogen (secondary N) is 1. The van der Waals surface area contributed by atoms with E-state index in [2.05, 4.69) is 51.0 Å². The number of carbonyl (C=O) groups is 1. The van der Waals surface area contributed by atoms with Crippen LogP contribution in [0.4, 0.5) is 0 Å². The Labute approximate surface area is 258 Å². The number of Topliss-reactive ketones (excluding diaryl/α,β-unsaturated/α-hetero) is 1. The maximum absolute atomic E-state index is 12.7. The Kier molecular flexibility index (Phi) is 14.2. The van der Waals surface area contributed by atoms with Gasteiger partial charge in [-0.05, 0) is 81.4 Å². The molecule has 3 heterocycles. The molecule has 1 aliphatic rings. The fraction of sp³-hybridized carbons (Fsp3) is 0.345. The van der Waals surface area contributed by atoms with E-state index in [-0.39, 0.29) is 43.1 Å². The highest BCUT2D eigenvalue weighted by molar-refractivity contribution is 7.99. The summed E-state index contributed by atoms with van der Waals surface area (Å²) in [5, 5.41) is 0. The molecule has 0 spiro atoms. The molecule has 0 radical (unpaired) electrons. The van der Waals surface area contributed by atoms with Gasteiger partial charge in [-0.3, -0.25) is 9.78 Å². The summed E-state index contributed by atoms with van der Waals surface area (Å²) in [6.45, 7) is 5.34. The number of piperidine rings is 1. The zero-order valence-electron chi connectivity index (χ0n) is 21.9. The number of likely N-dealkylation sites (tertiary alicyclic amines) is 1. The monoisotopic (exact) mass is 624 g/mol. The molecule has 0 amide bonds. The molecule has 5 rings (SSSR count). The summed E-state index contributed by atoms with van der Waals surface area (Å²) in [7, 11) is 0. The Balaban J connectivity index is 0.00000178. The van der Waals surface area contributed by atoms with Gasteiger partial charge in [-0.25, -0.2) is 4.98 Å². The summed E-state index contributed by atoms with van der Waals surface area (Å²) in [4.78, 5) is 29.9. The fourth-order valence-electron chi connectivity index (χ4n) is 4.74. The van der Waals surface area contributed by atoms with Crippen LogP contribution in [0.15, 0.2) is 76.9 Å². The number of thioether (sulfide) groups is 2. The van der Waals surface area contributed by atoms with Gasteiger partial charge in [0.05, 0.1) is 23.1 Å². The van der Waals surface area contributed by atoms with E-state index >= 15 is 0 Å². The quantitative estimate of drug-likeness (QED) is 0.110. The third-order valence-corrected chi connectivity index (χ3v) is 9.17. The zero-order valence-corrected chi connectivity index (χ0v) is 26.0. The fourth-order valence-corrected chi connectivity index (χ4v) is 6.69. The maximum atomic E-state index is 12.7. The number of imidazole rings is 1. The minimum absolute atomic E-state index is 0. The number of hydrogen-bond acceptors (Lipinski definition) is 6. The van der Waals surface area contributed by atoms with Crippen LogP contribution in [-0.2, 0) is 5.75 Å². The van der Waals surface area contributed by atoms with Crippen molar-refractivity contribution in [1.29, 1.82) is 0 Å². The number of aromatic amines is 1. The van der Waals surface area contributed by atoms with Crippen LogP contribution in [0, 0.1) is 12.8 Å². The average molecular weight is 626 g/mol. The molecular formula is C29H35Cl3N4OS2. The molecule has 2 aromatic carbocycles. The first kappa shape index (κ1) is 33.5. The Hall–Kier alpha value is -1.74. The molecule has 5 nitrogen and oxygen atoms in total. The number of ketones is 1. The first-order chi connectivity index (χ1) is 17.7. The second-order valence-corrected chi connectivity index (χ2v) is 11.5. The molecule has 4 aromatic rings.